The van der Waals surface area contributed by atoms with Crippen molar-refractivity contribution in [2.45, 2.75) is 76.5 Å². The summed E-state index contributed by atoms with van der Waals surface area (Å²) < 4.78 is 0. The predicted octanol–water partition coefficient (Wildman–Crippen LogP) is 6.90. The van der Waals surface area contributed by atoms with Crippen molar-refractivity contribution in [3.05, 3.63) is 52.6 Å². The minimum atomic E-state index is -0.232. The second-order valence-corrected chi connectivity index (χ2v) is 11.6. The third kappa shape index (κ3) is 3.06. The van der Waals surface area contributed by atoms with Crippen LogP contribution >= 0.6 is 11.8 Å². The van der Waals surface area contributed by atoms with Crippen LogP contribution in [0.25, 0.3) is 0 Å². The van der Waals surface area contributed by atoms with E-state index in [-0.39, 0.29) is 10.8 Å². The molecular formula is C28H34O2S. The molecule has 31 heavy (non-hydrogen) atoms. The summed E-state index contributed by atoms with van der Waals surface area (Å²) >= 11 is 1.78. The highest BCUT2D eigenvalue weighted by Gasteiger charge is 2.62. The summed E-state index contributed by atoms with van der Waals surface area (Å²) in [5.74, 6) is 2.13. The number of Topliss-reactive ketones (excluding diaryl/α,β-unsaturated/α-hetero) is 1. The molecule has 0 radical (unpaired) electrons. The Morgan fingerprint density at radius 2 is 1.81 bits per heavy atom. The van der Waals surface area contributed by atoms with Crippen LogP contribution in [-0.2, 0) is 9.59 Å². The molecule has 3 heteroatoms. The lowest BCUT2D eigenvalue weighted by Gasteiger charge is -2.55. The van der Waals surface area contributed by atoms with Crippen LogP contribution in [0.2, 0.25) is 0 Å². The first-order chi connectivity index (χ1) is 14.8. The highest BCUT2D eigenvalue weighted by Crippen LogP contribution is 2.69. The van der Waals surface area contributed by atoms with Crippen molar-refractivity contribution in [1.29, 1.82) is 0 Å². The Balaban J connectivity index is 1.68. The van der Waals surface area contributed by atoms with Crippen LogP contribution in [-0.4, -0.2) is 17.8 Å². The predicted molar refractivity (Wildman–Crippen MR) is 127 cm³/mol. The minimum absolute atomic E-state index is 0.0299. The normalized spacial score (nSPS) is 37.1. The van der Waals surface area contributed by atoms with Crippen molar-refractivity contribution in [2.75, 3.05) is 6.26 Å². The number of hydrogen-bond donors (Lipinski definition) is 0. The van der Waals surface area contributed by atoms with E-state index in [0.717, 1.165) is 38.5 Å². The van der Waals surface area contributed by atoms with E-state index in [9.17, 15) is 9.59 Å². The Hall–Kier alpha value is -1.61. The summed E-state index contributed by atoms with van der Waals surface area (Å²) in [5.41, 5.74) is 5.61. The maximum Gasteiger partial charge on any atom is 0.156 e. The van der Waals surface area contributed by atoms with Crippen molar-refractivity contribution in [3.8, 4) is 0 Å². The van der Waals surface area contributed by atoms with Gasteiger partial charge in [-0.3, -0.25) is 9.59 Å². The van der Waals surface area contributed by atoms with Crippen molar-refractivity contribution in [1.82, 2.24) is 0 Å². The van der Waals surface area contributed by atoms with Gasteiger partial charge in [-0.2, -0.15) is 0 Å². The number of hydrogen-bond acceptors (Lipinski definition) is 3. The Labute approximate surface area is 191 Å². The molecule has 0 unspecified atom stereocenters. The van der Waals surface area contributed by atoms with Gasteiger partial charge in [0.05, 0.1) is 0 Å². The van der Waals surface area contributed by atoms with Gasteiger partial charge in [-0.15, -0.1) is 11.8 Å². The number of allylic oxidation sites excluding steroid dienone is 4. The maximum absolute atomic E-state index is 12.9. The first kappa shape index (κ1) is 21.2. The largest absolute Gasteiger partial charge is 0.299 e. The van der Waals surface area contributed by atoms with Gasteiger partial charge in [-0.1, -0.05) is 31.6 Å². The molecule has 2 fully saturated rings. The van der Waals surface area contributed by atoms with Crippen LogP contribution in [0, 0.1) is 22.7 Å². The first-order valence-corrected chi connectivity index (χ1v) is 13.1. The van der Waals surface area contributed by atoms with Gasteiger partial charge in [0, 0.05) is 22.6 Å². The fourth-order valence-corrected chi connectivity index (χ4v) is 8.03. The van der Waals surface area contributed by atoms with Gasteiger partial charge in [-0.05, 0) is 104 Å². The molecule has 0 aliphatic heterocycles. The molecule has 0 amide bonds. The second kappa shape index (κ2) is 7.47. The highest BCUT2D eigenvalue weighted by atomic mass is 32.2. The van der Waals surface area contributed by atoms with Crippen molar-refractivity contribution < 1.29 is 9.59 Å². The number of rotatable bonds is 3. The zero-order valence-electron chi connectivity index (χ0n) is 19.3. The molecule has 4 aliphatic rings. The third-order valence-corrected chi connectivity index (χ3v) is 10.4. The van der Waals surface area contributed by atoms with Crippen LogP contribution in [0.5, 0.6) is 0 Å². The summed E-state index contributed by atoms with van der Waals surface area (Å²) in [6, 6.07) is 9.13. The van der Waals surface area contributed by atoms with Gasteiger partial charge in [0.2, 0.25) is 0 Å². The number of benzene rings is 1. The molecule has 2 saturated carbocycles. The monoisotopic (exact) mass is 434 g/mol. The molecule has 5 atom stereocenters. The number of carbonyl (C=O) groups excluding carboxylic acids is 2. The average Bonchev–Trinajstić information content (AvgIpc) is 3.04. The molecule has 0 saturated heterocycles. The average molecular weight is 435 g/mol. The van der Waals surface area contributed by atoms with E-state index < -0.39 is 0 Å². The summed E-state index contributed by atoms with van der Waals surface area (Å²) in [6.45, 7) is 6.49. The van der Waals surface area contributed by atoms with E-state index in [0.29, 0.717) is 35.7 Å². The number of ketones is 2. The van der Waals surface area contributed by atoms with E-state index in [1.165, 1.54) is 21.6 Å². The summed E-state index contributed by atoms with van der Waals surface area (Å²) in [4.78, 5) is 26.4. The molecular weight excluding hydrogens is 400 g/mol. The molecule has 1 aromatic carbocycles. The molecule has 2 nitrogen and oxygen atoms in total. The highest BCUT2D eigenvalue weighted by molar-refractivity contribution is 7.98. The molecule has 1 aromatic rings. The first-order valence-electron chi connectivity index (χ1n) is 11.9. The standard InChI is InChI=1S/C28H34O2S/c1-17(29)27(2)14-13-25-23-11-7-19-15-20(30)8-12-22(19)26(23)24(16-28(25,27)3)18-5-9-21(31-4)10-6-18/h5-6,9-10,15,23-25H,7-8,11-14,16H2,1-4H3/t23-,24+,25-,27+,28-/m0/s1. The van der Waals surface area contributed by atoms with Crippen LogP contribution in [0.1, 0.15) is 77.2 Å². The molecule has 0 spiro atoms. The van der Waals surface area contributed by atoms with Crippen LogP contribution < -0.4 is 0 Å². The van der Waals surface area contributed by atoms with Crippen LogP contribution in [0.4, 0.5) is 0 Å². The quantitative estimate of drug-likeness (QED) is 0.485. The summed E-state index contributed by atoms with van der Waals surface area (Å²) in [5, 5.41) is 0. The Bertz CT molecular complexity index is 1000. The SMILES string of the molecule is CSc1ccc([C@H]2C[C@@]3(C)[C@@H](CC[C@]3(C)C(C)=O)[C@@H]3CCC4=CC(=O)CCC4=C32)cc1. The molecule has 4 aliphatic carbocycles. The lowest BCUT2D eigenvalue weighted by Crippen LogP contribution is -2.49. The lowest BCUT2D eigenvalue weighted by atomic mass is 9.48. The van der Waals surface area contributed by atoms with Gasteiger partial charge in [-0.25, -0.2) is 0 Å². The van der Waals surface area contributed by atoms with E-state index in [1.54, 1.807) is 17.3 Å². The number of fused-ring (bicyclic) bond motifs is 4. The van der Waals surface area contributed by atoms with Gasteiger partial charge >= 0.3 is 0 Å². The Morgan fingerprint density at radius 1 is 1.06 bits per heavy atom. The molecule has 164 valence electrons. The summed E-state index contributed by atoms with van der Waals surface area (Å²) in [6.07, 6.45) is 11.0. The zero-order chi connectivity index (χ0) is 22.0. The number of carbonyl (C=O) groups is 2. The topological polar surface area (TPSA) is 34.1 Å². The van der Waals surface area contributed by atoms with Crippen molar-refractivity contribution in [3.63, 3.8) is 0 Å². The molecule has 0 bridgehead atoms. The van der Waals surface area contributed by atoms with Gasteiger partial charge < -0.3 is 0 Å². The fourth-order valence-electron chi connectivity index (χ4n) is 7.62. The Kier molecular flexibility index (Phi) is 5.12. The van der Waals surface area contributed by atoms with Crippen LogP contribution in [0.3, 0.4) is 0 Å². The molecule has 0 aromatic heterocycles. The van der Waals surface area contributed by atoms with E-state index in [4.69, 9.17) is 0 Å². The smallest absolute Gasteiger partial charge is 0.156 e. The van der Waals surface area contributed by atoms with Crippen LogP contribution in [0.15, 0.2) is 52.0 Å². The lowest BCUT2D eigenvalue weighted by molar-refractivity contribution is -0.134. The fraction of sp³-hybridized carbons (Fsp3) is 0.571. The second-order valence-electron chi connectivity index (χ2n) is 10.7. The van der Waals surface area contributed by atoms with Gasteiger partial charge in [0.15, 0.2) is 5.78 Å². The van der Waals surface area contributed by atoms with E-state index in [2.05, 4.69) is 44.4 Å². The molecule has 0 N–H and O–H groups in total. The van der Waals surface area contributed by atoms with E-state index in [1.807, 2.05) is 13.0 Å². The number of thioether (sulfide) groups is 1. The van der Waals surface area contributed by atoms with E-state index >= 15 is 0 Å². The minimum Gasteiger partial charge on any atom is -0.299 e. The maximum atomic E-state index is 12.9. The summed E-state index contributed by atoms with van der Waals surface area (Å²) in [7, 11) is 0. The third-order valence-electron chi connectivity index (χ3n) is 9.64. The zero-order valence-corrected chi connectivity index (χ0v) is 20.1. The Morgan fingerprint density at radius 3 is 2.48 bits per heavy atom. The van der Waals surface area contributed by atoms with Crippen molar-refractivity contribution >= 4 is 23.3 Å². The van der Waals surface area contributed by atoms with Gasteiger partial charge in [0.1, 0.15) is 5.78 Å². The van der Waals surface area contributed by atoms with Gasteiger partial charge in [0.25, 0.3) is 0 Å². The molecule has 5 rings (SSSR count). The molecule has 0 heterocycles. The van der Waals surface area contributed by atoms with Crippen molar-refractivity contribution in [2.24, 2.45) is 22.7 Å².